The second-order valence-electron chi connectivity index (χ2n) is 9.40. The van der Waals surface area contributed by atoms with E-state index < -0.39 is 0 Å². The van der Waals surface area contributed by atoms with Crippen molar-refractivity contribution in [2.75, 3.05) is 19.7 Å². The first-order chi connectivity index (χ1) is 14.5. The highest BCUT2D eigenvalue weighted by Gasteiger charge is 2.46. The van der Waals surface area contributed by atoms with Gasteiger partial charge in [-0.2, -0.15) is 0 Å². The summed E-state index contributed by atoms with van der Waals surface area (Å²) in [6.45, 7) is 6.84. The SMILES string of the molecule is Cc1ccc(OC[C@H]2CC[C@@H](C)N(C[C@@H](O)C3(c4ccc(Cl)cc4)CCC3)C2)cc1. The lowest BCUT2D eigenvalue weighted by Crippen LogP contribution is -2.54. The van der Waals surface area contributed by atoms with Gasteiger partial charge in [-0.1, -0.05) is 47.9 Å². The zero-order valence-electron chi connectivity index (χ0n) is 18.2. The third-order valence-corrected chi connectivity index (χ3v) is 7.58. The molecule has 1 saturated heterocycles. The minimum absolute atomic E-state index is 0.115. The van der Waals surface area contributed by atoms with Crippen LogP contribution in [-0.2, 0) is 5.41 Å². The third-order valence-electron chi connectivity index (χ3n) is 7.33. The summed E-state index contributed by atoms with van der Waals surface area (Å²) >= 11 is 6.09. The number of hydrogen-bond acceptors (Lipinski definition) is 3. The number of rotatable bonds is 7. The van der Waals surface area contributed by atoms with E-state index in [0.717, 1.165) is 49.7 Å². The summed E-state index contributed by atoms with van der Waals surface area (Å²) in [7, 11) is 0. The standard InChI is InChI=1S/C26H34ClNO2/c1-19-4-12-24(13-5-19)30-18-21-7-6-20(2)28(16-21)17-25(29)26(14-3-15-26)22-8-10-23(27)11-9-22/h4-5,8-13,20-21,25,29H,3,6-7,14-18H2,1-2H3/t20-,21+,25-/m1/s1. The molecule has 3 nitrogen and oxygen atoms in total. The maximum absolute atomic E-state index is 11.3. The van der Waals surface area contributed by atoms with E-state index in [-0.39, 0.29) is 11.5 Å². The number of benzene rings is 2. The number of halogens is 1. The van der Waals surface area contributed by atoms with Gasteiger partial charge in [0, 0.05) is 35.5 Å². The van der Waals surface area contributed by atoms with E-state index in [0.29, 0.717) is 12.0 Å². The van der Waals surface area contributed by atoms with Gasteiger partial charge in [-0.3, -0.25) is 4.90 Å². The third kappa shape index (κ3) is 4.69. The van der Waals surface area contributed by atoms with Crippen LogP contribution >= 0.6 is 11.6 Å². The van der Waals surface area contributed by atoms with Crippen LogP contribution in [0.5, 0.6) is 5.75 Å². The van der Waals surface area contributed by atoms with Crippen LogP contribution in [0.3, 0.4) is 0 Å². The summed E-state index contributed by atoms with van der Waals surface area (Å²) in [5.74, 6) is 1.45. The second kappa shape index (κ2) is 9.30. The van der Waals surface area contributed by atoms with Crippen LogP contribution in [0.1, 0.15) is 50.2 Å². The lowest BCUT2D eigenvalue weighted by Gasteiger charge is -2.49. The Bertz CT molecular complexity index is 816. The molecule has 0 radical (unpaired) electrons. The molecule has 1 aliphatic carbocycles. The topological polar surface area (TPSA) is 32.7 Å². The van der Waals surface area contributed by atoms with Crippen LogP contribution in [0.2, 0.25) is 5.02 Å². The van der Waals surface area contributed by atoms with E-state index in [4.69, 9.17) is 16.3 Å². The van der Waals surface area contributed by atoms with Crippen LogP contribution in [0.4, 0.5) is 0 Å². The number of nitrogens with zero attached hydrogens (tertiary/aromatic N) is 1. The molecular weight excluding hydrogens is 394 g/mol. The first-order valence-electron chi connectivity index (χ1n) is 11.3. The molecule has 30 heavy (non-hydrogen) atoms. The highest BCUT2D eigenvalue weighted by Crippen LogP contribution is 2.47. The Balaban J connectivity index is 1.37. The lowest BCUT2D eigenvalue weighted by molar-refractivity contribution is -0.0214. The molecule has 0 spiro atoms. The van der Waals surface area contributed by atoms with Crippen LogP contribution in [-0.4, -0.2) is 41.8 Å². The van der Waals surface area contributed by atoms with Crippen molar-refractivity contribution in [3.8, 4) is 5.75 Å². The highest BCUT2D eigenvalue weighted by molar-refractivity contribution is 6.30. The van der Waals surface area contributed by atoms with Crippen molar-refractivity contribution in [2.45, 2.75) is 63.5 Å². The molecule has 0 aromatic heterocycles. The van der Waals surface area contributed by atoms with Crippen molar-refractivity contribution in [3.05, 3.63) is 64.7 Å². The fourth-order valence-corrected chi connectivity index (χ4v) is 5.18. The summed E-state index contributed by atoms with van der Waals surface area (Å²) in [5.41, 5.74) is 2.37. The Labute approximate surface area is 186 Å². The number of aryl methyl sites for hydroxylation is 1. The molecule has 162 valence electrons. The first kappa shape index (κ1) is 21.7. The Kier molecular flexibility index (Phi) is 6.72. The van der Waals surface area contributed by atoms with E-state index in [9.17, 15) is 5.11 Å². The molecule has 0 unspecified atom stereocenters. The Morgan fingerprint density at radius 1 is 1.10 bits per heavy atom. The van der Waals surface area contributed by atoms with E-state index >= 15 is 0 Å². The Hall–Kier alpha value is -1.55. The highest BCUT2D eigenvalue weighted by atomic mass is 35.5. The van der Waals surface area contributed by atoms with Gasteiger partial charge < -0.3 is 9.84 Å². The van der Waals surface area contributed by atoms with Gasteiger partial charge in [0.25, 0.3) is 0 Å². The van der Waals surface area contributed by atoms with E-state index in [1.165, 1.54) is 24.0 Å². The molecule has 3 atom stereocenters. The summed E-state index contributed by atoms with van der Waals surface area (Å²) < 4.78 is 6.07. The number of hydrogen-bond donors (Lipinski definition) is 1. The van der Waals surface area contributed by atoms with Crippen molar-refractivity contribution in [2.24, 2.45) is 5.92 Å². The molecule has 0 bridgehead atoms. The van der Waals surface area contributed by atoms with Crippen molar-refractivity contribution < 1.29 is 9.84 Å². The average molecular weight is 428 g/mol. The number of aliphatic hydroxyl groups is 1. The summed E-state index contributed by atoms with van der Waals surface area (Å²) in [5, 5.41) is 12.1. The zero-order chi connectivity index (χ0) is 21.1. The minimum Gasteiger partial charge on any atom is -0.493 e. The predicted molar refractivity (Wildman–Crippen MR) is 123 cm³/mol. The monoisotopic (exact) mass is 427 g/mol. The van der Waals surface area contributed by atoms with E-state index in [2.05, 4.69) is 55.1 Å². The van der Waals surface area contributed by atoms with Crippen molar-refractivity contribution >= 4 is 11.6 Å². The molecular formula is C26H34ClNO2. The van der Waals surface area contributed by atoms with Crippen molar-refractivity contribution in [1.82, 2.24) is 4.90 Å². The summed E-state index contributed by atoms with van der Waals surface area (Å²) in [6, 6.07) is 16.9. The smallest absolute Gasteiger partial charge is 0.119 e. The molecule has 1 N–H and O–H groups in total. The van der Waals surface area contributed by atoms with Crippen LogP contribution in [0.15, 0.2) is 48.5 Å². The van der Waals surface area contributed by atoms with Gasteiger partial charge in [-0.25, -0.2) is 0 Å². The van der Waals surface area contributed by atoms with Crippen LogP contribution in [0.25, 0.3) is 0 Å². The van der Waals surface area contributed by atoms with Crippen molar-refractivity contribution in [1.29, 1.82) is 0 Å². The predicted octanol–water partition coefficient (Wildman–Crippen LogP) is 5.61. The molecule has 4 rings (SSSR count). The molecule has 2 fully saturated rings. The maximum Gasteiger partial charge on any atom is 0.119 e. The van der Waals surface area contributed by atoms with Gasteiger partial charge in [-0.15, -0.1) is 0 Å². The molecule has 2 aromatic rings. The molecule has 1 aliphatic heterocycles. The van der Waals surface area contributed by atoms with Gasteiger partial charge >= 0.3 is 0 Å². The fraction of sp³-hybridized carbons (Fsp3) is 0.538. The first-order valence-corrected chi connectivity index (χ1v) is 11.7. The fourth-order valence-electron chi connectivity index (χ4n) is 5.05. The van der Waals surface area contributed by atoms with Gasteiger partial charge in [-0.05, 0) is 69.4 Å². The van der Waals surface area contributed by atoms with E-state index in [1.807, 2.05) is 12.1 Å². The van der Waals surface area contributed by atoms with Gasteiger partial charge in [0.2, 0.25) is 0 Å². The normalized spacial score (nSPS) is 24.8. The summed E-state index contributed by atoms with van der Waals surface area (Å²) in [4.78, 5) is 2.48. The molecule has 2 aromatic carbocycles. The van der Waals surface area contributed by atoms with Crippen LogP contribution in [0, 0.1) is 12.8 Å². The minimum atomic E-state index is -0.355. The zero-order valence-corrected chi connectivity index (χ0v) is 18.9. The average Bonchev–Trinajstić information content (AvgIpc) is 2.70. The number of β-amino-alcohol motifs (C(OH)–C–C–N with tert-alkyl or cyclic N) is 1. The lowest BCUT2D eigenvalue weighted by atomic mass is 9.61. The maximum atomic E-state index is 11.3. The molecule has 1 saturated carbocycles. The van der Waals surface area contributed by atoms with E-state index in [1.54, 1.807) is 0 Å². The molecule has 0 amide bonds. The van der Waals surface area contributed by atoms with Gasteiger partial charge in [0.15, 0.2) is 0 Å². The van der Waals surface area contributed by atoms with Gasteiger partial charge in [0.05, 0.1) is 12.7 Å². The molecule has 4 heteroatoms. The van der Waals surface area contributed by atoms with Crippen LogP contribution < -0.4 is 4.74 Å². The largest absolute Gasteiger partial charge is 0.493 e. The van der Waals surface area contributed by atoms with Gasteiger partial charge in [0.1, 0.15) is 5.75 Å². The number of piperidine rings is 1. The molecule has 2 aliphatic rings. The number of likely N-dealkylation sites (tertiary alicyclic amines) is 1. The Morgan fingerprint density at radius 2 is 1.80 bits per heavy atom. The second-order valence-corrected chi connectivity index (χ2v) is 9.84. The Morgan fingerprint density at radius 3 is 2.43 bits per heavy atom. The number of aliphatic hydroxyl groups excluding tert-OH is 1. The molecule has 1 heterocycles. The van der Waals surface area contributed by atoms with Crippen molar-refractivity contribution in [3.63, 3.8) is 0 Å². The summed E-state index contributed by atoms with van der Waals surface area (Å²) in [6.07, 6.45) is 5.27. The quantitative estimate of drug-likeness (QED) is 0.623. The number of ether oxygens (including phenoxy) is 1.